The quantitative estimate of drug-likeness (QED) is 0.616. The van der Waals surface area contributed by atoms with Crippen molar-refractivity contribution in [1.29, 1.82) is 0 Å². The number of nitrogens with one attached hydrogen (secondary N) is 1. The summed E-state index contributed by atoms with van der Waals surface area (Å²) in [5, 5.41) is 2.99. The third-order valence-corrected chi connectivity index (χ3v) is 4.41. The molecule has 1 amide bonds. The van der Waals surface area contributed by atoms with Gasteiger partial charge in [-0.3, -0.25) is 9.36 Å². The van der Waals surface area contributed by atoms with Gasteiger partial charge >= 0.3 is 0 Å². The van der Waals surface area contributed by atoms with E-state index in [9.17, 15) is 4.79 Å². The Morgan fingerprint density at radius 3 is 2.69 bits per heavy atom. The molecule has 0 aliphatic carbocycles. The zero-order valence-corrected chi connectivity index (χ0v) is 14.4. The van der Waals surface area contributed by atoms with Crippen LogP contribution in [0.3, 0.4) is 0 Å². The molecule has 0 aliphatic rings. The molecule has 0 bridgehead atoms. The average Bonchev–Trinajstić information content (AvgIpc) is 3.11. The lowest BCUT2D eigenvalue weighted by molar-refractivity contribution is 0.0950. The Kier molecular flexibility index (Phi) is 4.19. The maximum Gasteiger partial charge on any atom is 0.251 e. The van der Waals surface area contributed by atoms with Crippen LogP contribution in [-0.4, -0.2) is 20.4 Å². The molecule has 2 heterocycles. The number of hydrogen-bond donors (Lipinski definition) is 1. The molecule has 0 aliphatic heterocycles. The standard InChI is InChI=1S/C21H18N4O/c1-15-17(21(26)23-13-16-7-3-2-4-8-16)9-5-11-19(15)25-14-24-18-10-6-12-22-20(18)25/h2-12,14H,13H2,1H3,(H,23,26). The van der Waals surface area contributed by atoms with Crippen LogP contribution in [0.2, 0.25) is 0 Å². The summed E-state index contributed by atoms with van der Waals surface area (Å²) in [6.45, 7) is 2.44. The second-order valence-corrected chi connectivity index (χ2v) is 6.08. The molecule has 0 spiro atoms. The summed E-state index contributed by atoms with van der Waals surface area (Å²) in [6, 6.07) is 19.3. The molecule has 128 valence electrons. The number of nitrogens with zero attached hydrogens (tertiary/aromatic N) is 3. The summed E-state index contributed by atoms with van der Waals surface area (Å²) in [5.74, 6) is -0.0921. The SMILES string of the molecule is Cc1c(C(=O)NCc2ccccc2)cccc1-n1cnc2cccnc21. The number of fused-ring (bicyclic) bond motifs is 1. The van der Waals surface area contributed by atoms with Crippen molar-refractivity contribution in [3.63, 3.8) is 0 Å². The Morgan fingerprint density at radius 1 is 1.00 bits per heavy atom. The number of carbonyl (C=O) groups excluding carboxylic acids is 1. The number of hydrogen-bond acceptors (Lipinski definition) is 3. The van der Waals surface area contributed by atoms with E-state index in [1.807, 2.05) is 72.2 Å². The minimum absolute atomic E-state index is 0.0921. The highest BCUT2D eigenvalue weighted by atomic mass is 16.1. The zero-order chi connectivity index (χ0) is 17.9. The molecule has 0 radical (unpaired) electrons. The van der Waals surface area contributed by atoms with Crippen LogP contribution in [0, 0.1) is 6.92 Å². The van der Waals surface area contributed by atoms with Gasteiger partial charge in [0.05, 0.1) is 5.69 Å². The fourth-order valence-corrected chi connectivity index (χ4v) is 3.03. The zero-order valence-electron chi connectivity index (χ0n) is 14.4. The van der Waals surface area contributed by atoms with Crippen LogP contribution < -0.4 is 5.32 Å². The lowest BCUT2D eigenvalue weighted by Crippen LogP contribution is -2.24. The molecule has 5 heteroatoms. The molecule has 5 nitrogen and oxygen atoms in total. The lowest BCUT2D eigenvalue weighted by Gasteiger charge is -2.13. The summed E-state index contributed by atoms with van der Waals surface area (Å²) in [5.41, 5.74) is 5.11. The maximum absolute atomic E-state index is 12.7. The molecule has 0 saturated heterocycles. The number of pyridine rings is 1. The van der Waals surface area contributed by atoms with Crippen LogP contribution in [0.5, 0.6) is 0 Å². The molecule has 1 N–H and O–H groups in total. The van der Waals surface area contributed by atoms with Gasteiger partial charge in [0.25, 0.3) is 5.91 Å². The minimum atomic E-state index is -0.0921. The normalized spacial score (nSPS) is 10.8. The largest absolute Gasteiger partial charge is 0.348 e. The van der Waals surface area contributed by atoms with Crippen LogP contribution >= 0.6 is 0 Å². The summed E-state index contributed by atoms with van der Waals surface area (Å²) in [4.78, 5) is 21.5. The van der Waals surface area contributed by atoms with Crippen LogP contribution in [0.1, 0.15) is 21.5 Å². The first-order valence-corrected chi connectivity index (χ1v) is 8.44. The Morgan fingerprint density at radius 2 is 1.85 bits per heavy atom. The number of rotatable bonds is 4. The Hall–Kier alpha value is -3.47. The third-order valence-electron chi connectivity index (χ3n) is 4.41. The van der Waals surface area contributed by atoms with E-state index in [-0.39, 0.29) is 5.91 Å². The lowest BCUT2D eigenvalue weighted by atomic mass is 10.1. The van der Waals surface area contributed by atoms with E-state index in [1.165, 1.54) is 0 Å². The Labute approximate surface area is 151 Å². The molecule has 0 saturated carbocycles. The second-order valence-electron chi connectivity index (χ2n) is 6.08. The highest BCUT2D eigenvalue weighted by Crippen LogP contribution is 2.22. The van der Waals surface area contributed by atoms with E-state index in [0.29, 0.717) is 12.1 Å². The van der Waals surface area contributed by atoms with Crippen molar-refractivity contribution in [2.24, 2.45) is 0 Å². The third kappa shape index (κ3) is 2.95. The van der Waals surface area contributed by atoms with Crippen molar-refractivity contribution >= 4 is 17.1 Å². The van der Waals surface area contributed by atoms with Gasteiger partial charge in [-0.05, 0) is 42.3 Å². The summed E-state index contributed by atoms with van der Waals surface area (Å²) in [6.07, 6.45) is 3.48. The number of aromatic nitrogens is 3. The number of carbonyl (C=O) groups is 1. The first-order valence-electron chi connectivity index (χ1n) is 8.44. The first kappa shape index (κ1) is 16.0. The van der Waals surface area contributed by atoms with Crippen LogP contribution in [0.25, 0.3) is 16.9 Å². The van der Waals surface area contributed by atoms with Gasteiger partial charge in [0.2, 0.25) is 0 Å². The van der Waals surface area contributed by atoms with Crippen molar-refractivity contribution in [1.82, 2.24) is 19.9 Å². The monoisotopic (exact) mass is 342 g/mol. The van der Waals surface area contributed by atoms with Gasteiger partial charge in [0.1, 0.15) is 11.8 Å². The van der Waals surface area contributed by atoms with E-state index in [0.717, 1.165) is 28.0 Å². The van der Waals surface area contributed by atoms with Crippen molar-refractivity contribution in [3.8, 4) is 5.69 Å². The topological polar surface area (TPSA) is 59.8 Å². The van der Waals surface area contributed by atoms with Gasteiger partial charge in [0.15, 0.2) is 5.65 Å². The molecule has 2 aromatic heterocycles. The van der Waals surface area contributed by atoms with Crippen LogP contribution in [-0.2, 0) is 6.54 Å². The van der Waals surface area contributed by atoms with Crippen molar-refractivity contribution < 1.29 is 4.79 Å². The minimum Gasteiger partial charge on any atom is -0.348 e. The molecule has 4 aromatic rings. The Balaban J connectivity index is 1.64. The van der Waals surface area contributed by atoms with Crippen LogP contribution in [0.4, 0.5) is 0 Å². The van der Waals surface area contributed by atoms with Gasteiger partial charge < -0.3 is 5.32 Å². The molecular formula is C21H18N4O. The molecule has 4 rings (SSSR count). The number of imidazole rings is 1. The maximum atomic E-state index is 12.7. The van der Waals surface area contributed by atoms with Crippen LogP contribution in [0.15, 0.2) is 73.2 Å². The molecule has 26 heavy (non-hydrogen) atoms. The van der Waals surface area contributed by atoms with Gasteiger partial charge in [-0.1, -0.05) is 36.4 Å². The molecule has 0 atom stereocenters. The smallest absolute Gasteiger partial charge is 0.251 e. The molecular weight excluding hydrogens is 324 g/mol. The van der Waals surface area contributed by atoms with E-state index in [4.69, 9.17) is 0 Å². The number of amides is 1. The summed E-state index contributed by atoms with van der Waals surface area (Å²) >= 11 is 0. The van der Waals surface area contributed by atoms with E-state index in [2.05, 4.69) is 15.3 Å². The molecule has 0 unspecified atom stereocenters. The Bertz CT molecular complexity index is 1070. The van der Waals surface area contributed by atoms with E-state index < -0.39 is 0 Å². The average molecular weight is 342 g/mol. The van der Waals surface area contributed by atoms with Gasteiger partial charge in [-0.2, -0.15) is 0 Å². The summed E-state index contributed by atoms with van der Waals surface area (Å²) < 4.78 is 1.92. The first-order chi connectivity index (χ1) is 12.7. The highest BCUT2D eigenvalue weighted by Gasteiger charge is 2.14. The van der Waals surface area contributed by atoms with Crippen molar-refractivity contribution in [2.75, 3.05) is 0 Å². The molecule has 2 aromatic carbocycles. The van der Waals surface area contributed by atoms with Crippen molar-refractivity contribution in [2.45, 2.75) is 13.5 Å². The fourth-order valence-electron chi connectivity index (χ4n) is 3.03. The highest BCUT2D eigenvalue weighted by molar-refractivity contribution is 5.96. The van der Waals surface area contributed by atoms with Gasteiger partial charge in [0, 0.05) is 18.3 Å². The van der Waals surface area contributed by atoms with E-state index >= 15 is 0 Å². The van der Waals surface area contributed by atoms with E-state index in [1.54, 1.807) is 12.5 Å². The predicted molar refractivity (Wildman–Crippen MR) is 101 cm³/mol. The van der Waals surface area contributed by atoms with Gasteiger partial charge in [-0.15, -0.1) is 0 Å². The van der Waals surface area contributed by atoms with Crippen molar-refractivity contribution in [3.05, 3.63) is 89.9 Å². The van der Waals surface area contributed by atoms with Gasteiger partial charge in [-0.25, -0.2) is 9.97 Å². The number of benzene rings is 2. The molecule has 0 fully saturated rings. The predicted octanol–water partition coefficient (Wildman–Crippen LogP) is 3.66. The fraction of sp³-hybridized carbons (Fsp3) is 0.0952. The second kappa shape index (κ2) is 6.80. The summed E-state index contributed by atoms with van der Waals surface area (Å²) in [7, 11) is 0.